The zero-order valence-electron chi connectivity index (χ0n) is 6.85. The molecule has 0 amide bonds. The van der Waals surface area contributed by atoms with Gasteiger partial charge in [0.1, 0.15) is 13.1 Å². The summed E-state index contributed by atoms with van der Waals surface area (Å²) in [6.07, 6.45) is 1.34. The van der Waals surface area contributed by atoms with Crippen LogP contribution in [0.2, 0.25) is 0 Å². The third-order valence-electron chi connectivity index (χ3n) is 2.95. The summed E-state index contributed by atoms with van der Waals surface area (Å²) in [6.45, 7) is 11.2. The third kappa shape index (κ3) is 1.11. The van der Waals surface area contributed by atoms with Gasteiger partial charge in [-0.25, -0.2) is 0 Å². The van der Waals surface area contributed by atoms with E-state index in [1.807, 2.05) is 0 Å². The lowest BCUT2D eigenvalue weighted by Crippen LogP contribution is -2.34. The van der Waals surface area contributed by atoms with Crippen molar-refractivity contribution in [2.75, 3.05) is 19.6 Å². The number of likely N-dealkylation sites (N-methyl/N-ethyl adjacent to an activating group) is 1. The average Bonchev–Trinajstić information content (AvgIpc) is 2.66. The molecule has 54 valence electrons. The van der Waals surface area contributed by atoms with Crippen LogP contribution in [0, 0.1) is 0 Å². The zero-order valence-corrected chi connectivity index (χ0v) is 6.85. The van der Waals surface area contributed by atoms with Crippen LogP contribution in [0.5, 0.6) is 0 Å². The summed E-state index contributed by atoms with van der Waals surface area (Å²) in [5.41, 5.74) is 0. The van der Waals surface area contributed by atoms with Crippen molar-refractivity contribution in [3.8, 4) is 0 Å². The fourth-order valence-corrected chi connectivity index (χ4v) is 1.58. The fraction of sp³-hybridized carbons (Fsp3) is 1.00. The Kier molecular flexibility index (Phi) is 1.80. The van der Waals surface area contributed by atoms with Crippen molar-refractivity contribution < 1.29 is 4.48 Å². The molecule has 0 spiro atoms. The van der Waals surface area contributed by atoms with E-state index < -0.39 is 0 Å². The first kappa shape index (κ1) is 7.07. The van der Waals surface area contributed by atoms with Crippen LogP contribution in [-0.4, -0.2) is 30.2 Å². The van der Waals surface area contributed by atoms with Crippen LogP contribution in [0.3, 0.4) is 0 Å². The van der Waals surface area contributed by atoms with E-state index >= 15 is 0 Å². The zero-order chi connectivity index (χ0) is 6.91. The van der Waals surface area contributed by atoms with Crippen molar-refractivity contribution >= 4 is 0 Å². The van der Waals surface area contributed by atoms with Gasteiger partial charge >= 0.3 is 0 Å². The molecule has 1 heteroatoms. The highest BCUT2D eigenvalue weighted by atomic mass is 15.5. The Morgan fingerprint density at radius 1 is 1.33 bits per heavy atom. The molecule has 1 aliphatic rings. The molecule has 1 atom stereocenters. The van der Waals surface area contributed by atoms with E-state index in [4.69, 9.17) is 0 Å². The summed E-state index contributed by atoms with van der Waals surface area (Å²) in [6, 6.07) is 0.912. The number of nitrogens with zero attached hydrogens (tertiary/aromatic N) is 1. The summed E-state index contributed by atoms with van der Waals surface area (Å²) in [4.78, 5) is 0. The van der Waals surface area contributed by atoms with E-state index in [0.717, 1.165) is 6.04 Å². The standard InChI is InChI=1S/C8H18N/c1-4-8(3)9(5-2)6-7-9/h8H,4-7H2,1-3H3/q+1. The van der Waals surface area contributed by atoms with Crippen LogP contribution < -0.4 is 0 Å². The van der Waals surface area contributed by atoms with Crippen molar-refractivity contribution in [3.05, 3.63) is 0 Å². The molecule has 0 radical (unpaired) electrons. The number of quaternary nitrogens is 1. The molecule has 1 rings (SSSR count). The maximum absolute atomic E-state index is 2.37. The normalized spacial score (nSPS) is 25.7. The van der Waals surface area contributed by atoms with E-state index in [1.165, 1.54) is 30.5 Å². The van der Waals surface area contributed by atoms with Crippen LogP contribution >= 0.6 is 0 Å². The van der Waals surface area contributed by atoms with Gasteiger partial charge in [0, 0.05) is 0 Å². The minimum Gasteiger partial charge on any atom is -0.312 e. The molecule has 1 unspecified atom stereocenters. The van der Waals surface area contributed by atoms with E-state index in [-0.39, 0.29) is 0 Å². The molecule has 1 saturated heterocycles. The van der Waals surface area contributed by atoms with Gasteiger partial charge in [-0.1, -0.05) is 6.92 Å². The third-order valence-corrected chi connectivity index (χ3v) is 2.95. The summed E-state index contributed by atoms with van der Waals surface area (Å²) in [5, 5.41) is 0. The topological polar surface area (TPSA) is 0 Å². The molecule has 0 aromatic heterocycles. The molecule has 1 aliphatic heterocycles. The lowest BCUT2D eigenvalue weighted by atomic mass is 10.2. The van der Waals surface area contributed by atoms with Crippen molar-refractivity contribution in [3.63, 3.8) is 0 Å². The Bertz CT molecular complexity index is 94.7. The van der Waals surface area contributed by atoms with E-state index in [1.54, 1.807) is 0 Å². The maximum atomic E-state index is 2.37. The molecule has 1 nitrogen and oxygen atoms in total. The van der Waals surface area contributed by atoms with Gasteiger partial charge in [0.05, 0.1) is 12.6 Å². The maximum Gasteiger partial charge on any atom is 0.129 e. The SMILES string of the molecule is CCC(C)[N+]1(CC)CC1. The summed E-state index contributed by atoms with van der Waals surface area (Å²) in [7, 11) is 0. The molecule has 0 saturated carbocycles. The van der Waals surface area contributed by atoms with Crippen LogP contribution in [0.1, 0.15) is 27.2 Å². The second-order valence-corrected chi connectivity index (χ2v) is 3.24. The Balaban J connectivity index is 2.39. The molecule has 0 bridgehead atoms. The Morgan fingerprint density at radius 3 is 2.00 bits per heavy atom. The minimum absolute atomic E-state index is 0.912. The van der Waals surface area contributed by atoms with Crippen molar-refractivity contribution in [1.82, 2.24) is 0 Å². The smallest absolute Gasteiger partial charge is 0.129 e. The predicted octanol–water partition coefficient (Wildman–Crippen LogP) is 1.64. The lowest BCUT2D eigenvalue weighted by Gasteiger charge is -2.22. The van der Waals surface area contributed by atoms with Crippen molar-refractivity contribution in [2.45, 2.75) is 33.2 Å². The van der Waals surface area contributed by atoms with Gasteiger partial charge < -0.3 is 4.48 Å². The van der Waals surface area contributed by atoms with Gasteiger partial charge in [0.2, 0.25) is 0 Å². The lowest BCUT2D eigenvalue weighted by molar-refractivity contribution is -0.823. The molecule has 1 fully saturated rings. The minimum atomic E-state index is 0.912. The Labute approximate surface area is 58.3 Å². The van der Waals surface area contributed by atoms with Crippen LogP contribution in [0.15, 0.2) is 0 Å². The van der Waals surface area contributed by atoms with Crippen LogP contribution in [-0.2, 0) is 0 Å². The molecule has 0 aromatic rings. The molecule has 0 aromatic carbocycles. The second kappa shape index (κ2) is 2.30. The molecule has 9 heavy (non-hydrogen) atoms. The fourth-order valence-electron chi connectivity index (χ4n) is 1.58. The summed E-state index contributed by atoms with van der Waals surface area (Å²) < 4.78 is 1.40. The van der Waals surface area contributed by atoms with E-state index in [0.29, 0.717) is 0 Å². The second-order valence-electron chi connectivity index (χ2n) is 3.24. The summed E-state index contributed by atoms with van der Waals surface area (Å²) in [5.74, 6) is 0. The highest BCUT2D eigenvalue weighted by Gasteiger charge is 2.43. The highest BCUT2D eigenvalue weighted by Crippen LogP contribution is 2.26. The quantitative estimate of drug-likeness (QED) is 0.400. The Hall–Kier alpha value is -0.0400. The van der Waals surface area contributed by atoms with Gasteiger partial charge in [-0.15, -0.1) is 0 Å². The predicted molar refractivity (Wildman–Crippen MR) is 40.3 cm³/mol. The highest BCUT2D eigenvalue weighted by molar-refractivity contribution is 4.61. The van der Waals surface area contributed by atoms with Crippen LogP contribution in [0.25, 0.3) is 0 Å². The first-order chi connectivity index (χ1) is 4.25. The first-order valence-electron chi connectivity index (χ1n) is 4.11. The van der Waals surface area contributed by atoms with E-state index in [2.05, 4.69) is 20.8 Å². The average molecular weight is 128 g/mol. The molecule has 1 heterocycles. The van der Waals surface area contributed by atoms with Gasteiger partial charge in [-0.3, -0.25) is 0 Å². The van der Waals surface area contributed by atoms with Gasteiger partial charge in [0.25, 0.3) is 0 Å². The summed E-state index contributed by atoms with van der Waals surface area (Å²) >= 11 is 0. The molecule has 0 N–H and O–H groups in total. The number of hydrogen-bond acceptors (Lipinski definition) is 0. The number of rotatable bonds is 3. The number of hydrogen-bond donors (Lipinski definition) is 0. The molecular formula is C8H18N+. The van der Waals surface area contributed by atoms with Gasteiger partial charge in [0.15, 0.2) is 0 Å². The van der Waals surface area contributed by atoms with Crippen LogP contribution in [0.4, 0.5) is 0 Å². The van der Waals surface area contributed by atoms with Crippen molar-refractivity contribution in [1.29, 1.82) is 0 Å². The van der Waals surface area contributed by atoms with Gasteiger partial charge in [-0.05, 0) is 20.3 Å². The molecular weight excluding hydrogens is 110 g/mol. The Morgan fingerprint density at radius 2 is 1.89 bits per heavy atom. The largest absolute Gasteiger partial charge is 0.312 e. The molecule has 0 aliphatic carbocycles. The monoisotopic (exact) mass is 128 g/mol. The van der Waals surface area contributed by atoms with E-state index in [9.17, 15) is 0 Å². The van der Waals surface area contributed by atoms with Crippen molar-refractivity contribution in [2.24, 2.45) is 0 Å². The first-order valence-corrected chi connectivity index (χ1v) is 4.11. The van der Waals surface area contributed by atoms with Gasteiger partial charge in [-0.2, -0.15) is 0 Å².